The van der Waals surface area contributed by atoms with E-state index in [0.717, 1.165) is 55.4 Å². The molecule has 0 amide bonds. The molecule has 0 aromatic heterocycles. The molecule has 0 bridgehead atoms. The summed E-state index contributed by atoms with van der Waals surface area (Å²) in [4.78, 5) is 4.49. The van der Waals surface area contributed by atoms with Gasteiger partial charge < -0.3 is 15.1 Å². The molecule has 0 radical (unpaired) electrons. The van der Waals surface area contributed by atoms with E-state index in [0.29, 0.717) is 6.04 Å². The van der Waals surface area contributed by atoms with E-state index in [4.69, 9.17) is 0 Å². The van der Waals surface area contributed by atoms with Crippen LogP contribution in [0.1, 0.15) is 5.56 Å². The molecule has 3 nitrogen and oxygen atoms in total. The van der Waals surface area contributed by atoms with Crippen LogP contribution < -0.4 is 15.1 Å². The van der Waals surface area contributed by atoms with Crippen molar-refractivity contribution in [3.63, 3.8) is 0 Å². The van der Waals surface area contributed by atoms with Gasteiger partial charge in [0.2, 0.25) is 0 Å². The van der Waals surface area contributed by atoms with E-state index in [2.05, 4.69) is 21.2 Å². The third-order valence-electron chi connectivity index (χ3n) is 4.75. The van der Waals surface area contributed by atoms with Gasteiger partial charge >= 0.3 is 6.18 Å². The fourth-order valence-electron chi connectivity index (χ4n) is 3.36. The molecule has 0 atom stereocenters. The Kier molecular flexibility index (Phi) is 3.64. The van der Waals surface area contributed by atoms with Gasteiger partial charge in [-0.2, -0.15) is 13.2 Å². The predicted molar refractivity (Wildman–Crippen MR) is 88.9 cm³/mol. The summed E-state index contributed by atoms with van der Waals surface area (Å²) in [7, 11) is 0. The molecular weight excluding hydrogens is 315 g/mol. The van der Waals surface area contributed by atoms with Gasteiger partial charge in [-0.3, -0.25) is 0 Å². The number of alkyl halides is 3. The van der Waals surface area contributed by atoms with Gasteiger partial charge in [-0.1, -0.05) is 12.1 Å². The molecule has 0 aliphatic carbocycles. The maximum atomic E-state index is 12.8. The van der Waals surface area contributed by atoms with Gasteiger partial charge in [0.1, 0.15) is 0 Å². The van der Waals surface area contributed by atoms with Gasteiger partial charge in [0.25, 0.3) is 0 Å². The Bertz CT molecular complexity index is 723. The van der Waals surface area contributed by atoms with E-state index in [9.17, 15) is 13.2 Å². The minimum absolute atomic E-state index is 0.501. The monoisotopic (exact) mass is 333 g/mol. The van der Waals surface area contributed by atoms with Crippen molar-refractivity contribution in [1.29, 1.82) is 0 Å². The lowest BCUT2D eigenvalue weighted by molar-refractivity contribution is -0.137. The Morgan fingerprint density at radius 2 is 1.54 bits per heavy atom. The number of hydrogen-bond acceptors (Lipinski definition) is 3. The summed E-state index contributed by atoms with van der Waals surface area (Å²) in [5.41, 5.74) is 2.38. The first-order valence-electron chi connectivity index (χ1n) is 8.05. The smallest absolute Gasteiger partial charge is 0.363 e. The molecule has 1 fully saturated rings. The molecule has 6 heteroatoms. The lowest BCUT2D eigenvalue weighted by Gasteiger charge is -2.46. The SMILES string of the molecule is FC(F)(F)c1ccc(N2CCN(C3CNC3)c3ccccc32)cc1. The molecule has 2 aliphatic heterocycles. The van der Waals surface area contributed by atoms with Crippen LogP contribution in [-0.2, 0) is 6.18 Å². The van der Waals surface area contributed by atoms with Gasteiger partial charge in [-0.15, -0.1) is 0 Å². The van der Waals surface area contributed by atoms with E-state index in [1.165, 1.54) is 0 Å². The molecule has 2 aliphatic rings. The van der Waals surface area contributed by atoms with Gasteiger partial charge in [-0.25, -0.2) is 0 Å². The van der Waals surface area contributed by atoms with Crippen molar-refractivity contribution in [1.82, 2.24) is 5.32 Å². The van der Waals surface area contributed by atoms with Gasteiger partial charge in [0, 0.05) is 31.9 Å². The fourth-order valence-corrected chi connectivity index (χ4v) is 3.36. The zero-order chi connectivity index (χ0) is 16.7. The number of para-hydroxylation sites is 2. The topological polar surface area (TPSA) is 18.5 Å². The highest BCUT2D eigenvalue weighted by atomic mass is 19.4. The van der Waals surface area contributed by atoms with E-state index in [1.807, 2.05) is 18.2 Å². The van der Waals surface area contributed by atoms with Crippen molar-refractivity contribution < 1.29 is 13.2 Å². The third-order valence-corrected chi connectivity index (χ3v) is 4.75. The first kappa shape index (κ1) is 15.3. The number of nitrogens with one attached hydrogen (secondary N) is 1. The average molecular weight is 333 g/mol. The Morgan fingerprint density at radius 1 is 0.875 bits per heavy atom. The summed E-state index contributed by atoms with van der Waals surface area (Å²) < 4.78 is 38.3. The summed E-state index contributed by atoms with van der Waals surface area (Å²) in [5, 5.41) is 3.29. The van der Waals surface area contributed by atoms with E-state index in [1.54, 1.807) is 12.1 Å². The molecule has 0 spiro atoms. The maximum Gasteiger partial charge on any atom is 0.416 e. The first-order valence-corrected chi connectivity index (χ1v) is 8.05. The van der Waals surface area contributed by atoms with Crippen LogP contribution in [0.25, 0.3) is 0 Å². The fraction of sp³-hybridized carbons (Fsp3) is 0.333. The highest BCUT2D eigenvalue weighted by molar-refractivity contribution is 5.79. The number of rotatable bonds is 2. The summed E-state index contributed by atoms with van der Waals surface area (Å²) in [5.74, 6) is 0. The highest BCUT2D eigenvalue weighted by Gasteiger charge is 2.32. The minimum Gasteiger partial charge on any atom is -0.363 e. The normalized spacial score (nSPS) is 18.3. The number of fused-ring (bicyclic) bond motifs is 1. The van der Waals surface area contributed by atoms with Crippen molar-refractivity contribution in [3.8, 4) is 0 Å². The van der Waals surface area contributed by atoms with Crippen LogP contribution in [0, 0.1) is 0 Å². The van der Waals surface area contributed by atoms with Crippen molar-refractivity contribution in [3.05, 3.63) is 54.1 Å². The standard InChI is InChI=1S/C18H18F3N3/c19-18(20,21)13-5-7-14(8-6-13)23-9-10-24(15-11-22-12-15)17-4-2-1-3-16(17)23/h1-8,15,22H,9-12H2. The second-order valence-corrected chi connectivity index (χ2v) is 6.19. The van der Waals surface area contributed by atoms with Crippen LogP contribution in [0.15, 0.2) is 48.5 Å². The van der Waals surface area contributed by atoms with Crippen LogP contribution in [0.5, 0.6) is 0 Å². The quantitative estimate of drug-likeness (QED) is 0.905. The molecule has 4 rings (SSSR count). The van der Waals surface area contributed by atoms with Crippen LogP contribution >= 0.6 is 0 Å². The maximum absolute atomic E-state index is 12.8. The molecule has 0 saturated carbocycles. The van der Waals surface area contributed by atoms with Gasteiger partial charge in [0.05, 0.1) is 23.0 Å². The van der Waals surface area contributed by atoms with Crippen molar-refractivity contribution >= 4 is 17.1 Å². The Hall–Kier alpha value is -2.21. The van der Waals surface area contributed by atoms with E-state index >= 15 is 0 Å². The van der Waals surface area contributed by atoms with Crippen molar-refractivity contribution in [2.75, 3.05) is 36.0 Å². The molecule has 1 N–H and O–H groups in total. The molecule has 2 aromatic rings. The first-order chi connectivity index (χ1) is 11.5. The van der Waals surface area contributed by atoms with E-state index < -0.39 is 11.7 Å². The Labute approximate surface area is 138 Å². The molecule has 24 heavy (non-hydrogen) atoms. The van der Waals surface area contributed by atoms with Gasteiger partial charge in [0.15, 0.2) is 0 Å². The second kappa shape index (κ2) is 5.70. The van der Waals surface area contributed by atoms with Crippen LogP contribution in [0.4, 0.5) is 30.2 Å². The number of anilines is 3. The van der Waals surface area contributed by atoms with Crippen LogP contribution in [0.2, 0.25) is 0 Å². The molecule has 2 aromatic carbocycles. The number of nitrogens with zero attached hydrogens (tertiary/aromatic N) is 2. The molecule has 0 unspecified atom stereocenters. The average Bonchev–Trinajstić information content (AvgIpc) is 2.53. The van der Waals surface area contributed by atoms with Crippen LogP contribution in [-0.4, -0.2) is 32.2 Å². The zero-order valence-corrected chi connectivity index (χ0v) is 13.1. The predicted octanol–water partition coefficient (Wildman–Crippen LogP) is 3.64. The van der Waals surface area contributed by atoms with E-state index in [-0.39, 0.29) is 0 Å². The summed E-state index contributed by atoms with van der Waals surface area (Å²) in [6, 6.07) is 14.0. The van der Waals surface area contributed by atoms with Gasteiger partial charge in [-0.05, 0) is 36.4 Å². The summed E-state index contributed by atoms with van der Waals surface area (Å²) in [6.07, 6.45) is -4.30. The van der Waals surface area contributed by atoms with Crippen molar-refractivity contribution in [2.24, 2.45) is 0 Å². The Balaban J connectivity index is 1.66. The molecular formula is C18H18F3N3. The number of halogens is 3. The Morgan fingerprint density at radius 3 is 2.12 bits per heavy atom. The lowest BCUT2D eigenvalue weighted by atomic mass is 10.0. The minimum atomic E-state index is -4.30. The number of hydrogen-bond donors (Lipinski definition) is 1. The zero-order valence-electron chi connectivity index (χ0n) is 13.1. The molecule has 1 saturated heterocycles. The number of benzene rings is 2. The third kappa shape index (κ3) is 2.60. The molecule has 126 valence electrons. The molecule has 2 heterocycles. The van der Waals surface area contributed by atoms with Crippen molar-refractivity contribution in [2.45, 2.75) is 12.2 Å². The highest BCUT2D eigenvalue weighted by Crippen LogP contribution is 2.39. The lowest BCUT2D eigenvalue weighted by Crippen LogP contribution is -2.59. The summed E-state index contributed by atoms with van der Waals surface area (Å²) >= 11 is 0. The summed E-state index contributed by atoms with van der Waals surface area (Å²) in [6.45, 7) is 3.59. The van der Waals surface area contributed by atoms with Crippen LogP contribution in [0.3, 0.4) is 0 Å². The largest absolute Gasteiger partial charge is 0.416 e. The second-order valence-electron chi connectivity index (χ2n) is 6.19.